The predicted octanol–water partition coefficient (Wildman–Crippen LogP) is 6.01. The third kappa shape index (κ3) is 7.56. The van der Waals surface area contributed by atoms with Crippen LogP contribution in [-0.4, -0.2) is 43.8 Å². The highest BCUT2D eigenvalue weighted by atomic mass is 32.2. The van der Waals surface area contributed by atoms with Crippen molar-refractivity contribution in [2.45, 2.75) is 82.3 Å². The minimum Gasteiger partial charge on any atom is -0.352 e. The summed E-state index contributed by atoms with van der Waals surface area (Å²) in [5.74, 6) is -0.957. The van der Waals surface area contributed by atoms with E-state index in [2.05, 4.69) is 5.32 Å². The Morgan fingerprint density at radius 1 is 0.929 bits per heavy atom. The van der Waals surface area contributed by atoms with Crippen molar-refractivity contribution in [2.24, 2.45) is 0 Å². The Balaban J connectivity index is 1.71. The maximum atomic E-state index is 14.2. The maximum Gasteiger partial charge on any atom is 0.264 e. The van der Waals surface area contributed by atoms with Crippen molar-refractivity contribution in [3.05, 3.63) is 95.8 Å². The number of nitrogens with one attached hydrogen (secondary N) is 1. The van der Waals surface area contributed by atoms with E-state index in [4.69, 9.17) is 0 Å². The highest BCUT2D eigenvalue weighted by Gasteiger charge is 2.34. The molecule has 1 aliphatic rings. The van der Waals surface area contributed by atoms with Gasteiger partial charge < -0.3 is 10.2 Å². The molecule has 1 saturated carbocycles. The fraction of sp³-hybridized carbons (Fsp3) is 0.394. The van der Waals surface area contributed by atoms with E-state index in [0.717, 1.165) is 35.6 Å². The minimum absolute atomic E-state index is 0.0290. The number of carbonyl (C=O) groups is 2. The second-order valence-corrected chi connectivity index (χ2v) is 13.0. The highest BCUT2D eigenvalue weighted by Crippen LogP contribution is 2.27. The zero-order valence-corrected chi connectivity index (χ0v) is 25.3. The van der Waals surface area contributed by atoms with Crippen molar-refractivity contribution < 1.29 is 22.4 Å². The van der Waals surface area contributed by atoms with Crippen molar-refractivity contribution >= 4 is 27.5 Å². The number of carbonyl (C=O) groups excluding carboxylic acids is 2. The molecule has 0 aromatic heterocycles. The number of benzene rings is 3. The van der Waals surface area contributed by atoms with Crippen LogP contribution in [0.25, 0.3) is 0 Å². The van der Waals surface area contributed by atoms with Gasteiger partial charge in [0.25, 0.3) is 10.0 Å². The van der Waals surface area contributed by atoms with E-state index in [1.54, 1.807) is 42.5 Å². The van der Waals surface area contributed by atoms with Crippen LogP contribution in [-0.2, 0) is 26.2 Å². The molecule has 0 radical (unpaired) electrons. The van der Waals surface area contributed by atoms with Crippen LogP contribution in [0.5, 0.6) is 0 Å². The van der Waals surface area contributed by atoms with Crippen molar-refractivity contribution in [1.82, 2.24) is 10.2 Å². The van der Waals surface area contributed by atoms with E-state index >= 15 is 0 Å². The lowest BCUT2D eigenvalue weighted by Gasteiger charge is -2.34. The summed E-state index contributed by atoms with van der Waals surface area (Å²) in [5.41, 5.74) is 2.02. The molecule has 0 aliphatic heterocycles. The summed E-state index contributed by atoms with van der Waals surface area (Å²) in [5, 5.41) is 3.09. The Hall–Kier alpha value is -3.72. The van der Waals surface area contributed by atoms with Crippen LogP contribution in [0.2, 0.25) is 0 Å². The normalized spacial score (nSPS) is 14.5. The van der Waals surface area contributed by atoms with Crippen LogP contribution >= 0.6 is 0 Å². The van der Waals surface area contributed by atoms with Crippen LogP contribution in [0.3, 0.4) is 0 Å². The Labute approximate surface area is 248 Å². The van der Waals surface area contributed by atoms with Gasteiger partial charge in [-0.1, -0.05) is 76.1 Å². The SMILES string of the molecule is CC[C@@H](C(=O)NC1CCCC1)N(Cc1ccc(F)cc1)C(=O)CN(c1ccc(C(C)C)cc1)S(=O)(=O)c1ccccc1. The second kappa shape index (κ2) is 14.0. The monoisotopic (exact) mass is 593 g/mol. The van der Waals surface area contributed by atoms with E-state index in [1.807, 2.05) is 32.9 Å². The lowest BCUT2D eigenvalue weighted by atomic mass is 10.0. The first kappa shape index (κ1) is 31.2. The first-order chi connectivity index (χ1) is 20.1. The van der Waals surface area contributed by atoms with Crippen molar-refractivity contribution in [3.63, 3.8) is 0 Å². The van der Waals surface area contributed by atoms with Crippen LogP contribution in [0.1, 0.15) is 69.9 Å². The maximum absolute atomic E-state index is 14.2. The zero-order valence-electron chi connectivity index (χ0n) is 24.5. The Bertz CT molecular complexity index is 1440. The third-order valence-corrected chi connectivity index (χ3v) is 9.60. The van der Waals surface area contributed by atoms with E-state index in [1.165, 1.54) is 29.2 Å². The quantitative estimate of drug-likeness (QED) is 0.279. The molecule has 0 saturated heterocycles. The molecule has 4 rings (SSSR count). The number of nitrogens with zero attached hydrogens (tertiary/aromatic N) is 2. The first-order valence-electron chi connectivity index (χ1n) is 14.6. The number of anilines is 1. The lowest BCUT2D eigenvalue weighted by molar-refractivity contribution is -0.140. The number of amides is 2. The summed E-state index contributed by atoms with van der Waals surface area (Å²) in [6, 6.07) is 20.1. The third-order valence-electron chi connectivity index (χ3n) is 7.81. The van der Waals surface area contributed by atoms with Gasteiger partial charge in [-0.2, -0.15) is 0 Å². The topological polar surface area (TPSA) is 86.8 Å². The second-order valence-electron chi connectivity index (χ2n) is 11.1. The fourth-order valence-electron chi connectivity index (χ4n) is 5.35. The molecule has 3 aromatic rings. The molecule has 42 heavy (non-hydrogen) atoms. The largest absolute Gasteiger partial charge is 0.352 e. The van der Waals surface area contributed by atoms with Crippen LogP contribution < -0.4 is 9.62 Å². The highest BCUT2D eigenvalue weighted by molar-refractivity contribution is 7.92. The Kier molecular flexibility index (Phi) is 10.4. The number of hydrogen-bond donors (Lipinski definition) is 1. The van der Waals surface area contributed by atoms with Crippen LogP contribution in [0.15, 0.2) is 83.8 Å². The summed E-state index contributed by atoms with van der Waals surface area (Å²) in [6.07, 6.45) is 4.21. The average Bonchev–Trinajstić information content (AvgIpc) is 3.50. The molecule has 0 bridgehead atoms. The summed E-state index contributed by atoms with van der Waals surface area (Å²) in [4.78, 5) is 29.1. The van der Waals surface area contributed by atoms with Gasteiger partial charge in [-0.05, 0) is 72.7 Å². The summed E-state index contributed by atoms with van der Waals surface area (Å²) in [7, 11) is -4.13. The van der Waals surface area contributed by atoms with Gasteiger partial charge in [-0.15, -0.1) is 0 Å². The van der Waals surface area contributed by atoms with Gasteiger partial charge in [-0.25, -0.2) is 12.8 Å². The number of rotatable bonds is 12. The predicted molar refractivity (Wildman–Crippen MR) is 163 cm³/mol. The zero-order chi connectivity index (χ0) is 30.3. The average molecular weight is 594 g/mol. The van der Waals surface area contributed by atoms with E-state index < -0.39 is 34.3 Å². The molecule has 1 fully saturated rings. The van der Waals surface area contributed by atoms with E-state index in [-0.39, 0.29) is 29.3 Å². The molecule has 0 unspecified atom stereocenters. The molecule has 1 N–H and O–H groups in total. The fourth-order valence-corrected chi connectivity index (χ4v) is 6.78. The number of halogens is 1. The number of sulfonamides is 1. The van der Waals surface area contributed by atoms with Gasteiger partial charge >= 0.3 is 0 Å². The van der Waals surface area contributed by atoms with Gasteiger partial charge in [-0.3, -0.25) is 13.9 Å². The van der Waals surface area contributed by atoms with E-state index in [0.29, 0.717) is 17.7 Å². The Morgan fingerprint density at radius 3 is 2.12 bits per heavy atom. The van der Waals surface area contributed by atoms with Crippen molar-refractivity contribution in [1.29, 1.82) is 0 Å². The molecule has 0 spiro atoms. The number of hydrogen-bond acceptors (Lipinski definition) is 4. The van der Waals surface area contributed by atoms with Gasteiger partial charge in [0, 0.05) is 12.6 Å². The summed E-state index contributed by atoms with van der Waals surface area (Å²) in [6.45, 7) is 5.44. The van der Waals surface area contributed by atoms with Gasteiger partial charge in [0.05, 0.1) is 10.6 Å². The molecule has 7 nitrogen and oxygen atoms in total. The summed E-state index contributed by atoms with van der Waals surface area (Å²) < 4.78 is 42.7. The Morgan fingerprint density at radius 2 is 1.55 bits per heavy atom. The van der Waals surface area contributed by atoms with Crippen molar-refractivity contribution in [3.8, 4) is 0 Å². The van der Waals surface area contributed by atoms with Crippen molar-refractivity contribution in [2.75, 3.05) is 10.8 Å². The first-order valence-corrected chi connectivity index (χ1v) is 16.1. The molecule has 1 aliphatic carbocycles. The smallest absolute Gasteiger partial charge is 0.264 e. The molecule has 0 heterocycles. The van der Waals surface area contributed by atoms with Gasteiger partial charge in [0.2, 0.25) is 11.8 Å². The molecule has 3 aromatic carbocycles. The van der Waals surface area contributed by atoms with Gasteiger partial charge in [0.15, 0.2) is 0 Å². The van der Waals surface area contributed by atoms with Crippen LogP contribution in [0, 0.1) is 5.82 Å². The van der Waals surface area contributed by atoms with Crippen LogP contribution in [0.4, 0.5) is 10.1 Å². The molecular formula is C33H40FN3O4S. The molecule has 9 heteroatoms. The minimum atomic E-state index is -4.13. The molecule has 224 valence electrons. The summed E-state index contributed by atoms with van der Waals surface area (Å²) >= 11 is 0. The standard InChI is InChI=1S/C33H40FN3O4S/c1-4-31(33(39)35-28-10-8-9-11-28)36(22-25-14-18-27(34)19-15-25)32(38)23-37(29-20-16-26(17-21-29)24(2)3)42(40,41)30-12-6-5-7-13-30/h5-7,12-21,24,28,31H,4,8-11,22-23H2,1-3H3,(H,35,39)/t31-/m0/s1. The molecule has 1 atom stereocenters. The lowest BCUT2D eigenvalue weighted by Crippen LogP contribution is -2.53. The molecule has 2 amide bonds. The van der Waals surface area contributed by atoms with Gasteiger partial charge in [0.1, 0.15) is 18.4 Å². The van der Waals surface area contributed by atoms with E-state index in [9.17, 15) is 22.4 Å². The molecular weight excluding hydrogens is 553 g/mol.